The molecular formula is C21H20N2O5. The van der Waals surface area contributed by atoms with Crippen molar-refractivity contribution in [2.75, 3.05) is 18.1 Å². The smallest absolute Gasteiger partial charge is 0.338 e. The van der Waals surface area contributed by atoms with Gasteiger partial charge in [-0.05, 0) is 49.2 Å². The summed E-state index contributed by atoms with van der Waals surface area (Å²) in [4.78, 5) is 37.8. The summed E-state index contributed by atoms with van der Waals surface area (Å²) in [6, 6.07) is 9.04. The van der Waals surface area contributed by atoms with Gasteiger partial charge in [0, 0.05) is 0 Å². The number of urea groups is 1. The molecule has 1 heterocycles. The molecule has 28 heavy (non-hydrogen) atoms. The van der Waals surface area contributed by atoms with Crippen molar-refractivity contribution in [1.82, 2.24) is 0 Å². The van der Waals surface area contributed by atoms with Crippen LogP contribution >= 0.6 is 0 Å². The third-order valence-corrected chi connectivity index (χ3v) is 4.23. The number of ether oxygens (including phenoxy) is 2. The molecular weight excluding hydrogens is 360 g/mol. The van der Waals surface area contributed by atoms with Crippen LogP contribution in [0.1, 0.15) is 45.7 Å². The van der Waals surface area contributed by atoms with Crippen molar-refractivity contribution in [3.8, 4) is 0 Å². The van der Waals surface area contributed by atoms with Crippen LogP contribution in [0.3, 0.4) is 0 Å². The number of carbonyl (C=O) groups is 3. The zero-order chi connectivity index (χ0) is 20.3. The van der Waals surface area contributed by atoms with Crippen LogP contribution in [0.5, 0.6) is 0 Å². The average Bonchev–Trinajstić information content (AvgIpc) is 2.83. The molecule has 2 aromatic carbocycles. The first-order valence-corrected chi connectivity index (χ1v) is 8.86. The highest BCUT2D eigenvalue weighted by Crippen LogP contribution is 2.37. The molecule has 0 fully saturated rings. The van der Waals surface area contributed by atoms with Crippen molar-refractivity contribution in [2.24, 2.45) is 5.73 Å². The second-order valence-electron chi connectivity index (χ2n) is 6.00. The van der Waals surface area contributed by atoms with Crippen LogP contribution in [0.2, 0.25) is 0 Å². The molecule has 1 aliphatic rings. The molecule has 0 bridgehead atoms. The lowest BCUT2D eigenvalue weighted by Crippen LogP contribution is -2.32. The van der Waals surface area contributed by atoms with Gasteiger partial charge in [-0.1, -0.05) is 24.3 Å². The Morgan fingerprint density at radius 3 is 1.61 bits per heavy atom. The normalized spacial score (nSPS) is 11.9. The number of hydrogen-bond acceptors (Lipinski definition) is 5. The van der Waals surface area contributed by atoms with Gasteiger partial charge in [0.2, 0.25) is 0 Å². The maximum absolute atomic E-state index is 12.3. The van der Waals surface area contributed by atoms with Gasteiger partial charge in [-0.2, -0.15) is 0 Å². The number of hydrogen-bond donors (Lipinski definition) is 1. The summed E-state index contributed by atoms with van der Waals surface area (Å²) in [7, 11) is 0. The number of fused-ring (bicyclic) bond motifs is 2. The molecule has 0 saturated heterocycles. The van der Waals surface area contributed by atoms with E-state index in [9.17, 15) is 14.4 Å². The number of esters is 2. The summed E-state index contributed by atoms with van der Waals surface area (Å²) in [5, 5.41) is 0. The lowest BCUT2D eigenvalue weighted by Gasteiger charge is -2.23. The Hall–Kier alpha value is -3.61. The molecule has 3 rings (SSSR count). The van der Waals surface area contributed by atoms with E-state index in [1.807, 2.05) is 12.2 Å². The summed E-state index contributed by atoms with van der Waals surface area (Å²) >= 11 is 0. The average molecular weight is 380 g/mol. The minimum absolute atomic E-state index is 0.237. The third kappa shape index (κ3) is 3.59. The number of rotatable bonds is 4. The number of primary amides is 1. The zero-order valence-electron chi connectivity index (χ0n) is 15.6. The molecule has 0 radical (unpaired) electrons. The summed E-state index contributed by atoms with van der Waals surface area (Å²) in [5.41, 5.74) is 8.50. The van der Waals surface area contributed by atoms with E-state index in [2.05, 4.69) is 0 Å². The number of benzene rings is 2. The van der Waals surface area contributed by atoms with Gasteiger partial charge < -0.3 is 15.2 Å². The lowest BCUT2D eigenvalue weighted by atomic mass is 10.1. The van der Waals surface area contributed by atoms with Crippen LogP contribution in [-0.2, 0) is 9.47 Å². The van der Waals surface area contributed by atoms with Gasteiger partial charge in [0.15, 0.2) is 0 Å². The van der Waals surface area contributed by atoms with E-state index in [4.69, 9.17) is 15.2 Å². The molecule has 144 valence electrons. The fraction of sp³-hybridized carbons (Fsp3) is 0.190. The van der Waals surface area contributed by atoms with Crippen LogP contribution in [0.4, 0.5) is 16.2 Å². The number of amides is 2. The Labute approximate surface area is 162 Å². The maximum atomic E-state index is 12.3. The molecule has 1 aliphatic heterocycles. The quantitative estimate of drug-likeness (QED) is 0.815. The van der Waals surface area contributed by atoms with Crippen molar-refractivity contribution >= 4 is 41.5 Å². The SMILES string of the molecule is CCOC(=O)c1ccc2c(c1)N(C(N)=O)c1cc(C(=O)OCC)ccc1C=C2. The van der Waals surface area contributed by atoms with Gasteiger partial charge >= 0.3 is 18.0 Å². The molecule has 0 aliphatic carbocycles. The van der Waals surface area contributed by atoms with Crippen LogP contribution in [-0.4, -0.2) is 31.2 Å². The largest absolute Gasteiger partial charge is 0.462 e. The predicted octanol–water partition coefficient (Wildman–Crippen LogP) is 3.74. The number of carbonyl (C=O) groups excluding carboxylic acids is 3. The van der Waals surface area contributed by atoms with Crippen LogP contribution in [0.15, 0.2) is 36.4 Å². The Morgan fingerprint density at radius 2 is 1.25 bits per heavy atom. The van der Waals surface area contributed by atoms with E-state index < -0.39 is 18.0 Å². The molecule has 7 heteroatoms. The monoisotopic (exact) mass is 380 g/mol. The van der Waals surface area contributed by atoms with Crippen molar-refractivity contribution in [2.45, 2.75) is 13.8 Å². The van der Waals surface area contributed by atoms with Crippen molar-refractivity contribution in [3.63, 3.8) is 0 Å². The molecule has 2 aromatic rings. The topological polar surface area (TPSA) is 98.9 Å². The predicted molar refractivity (Wildman–Crippen MR) is 105 cm³/mol. The van der Waals surface area contributed by atoms with Gasteiger partial charge in [-0.15, -0.1) is 0 Å². The number of nitrogens with zero attached hydrogens (tertiary/aromatic N) is 1. The third-order valence-electron chi connectivity index (χ3n) is 4.23. The van der Waals surface area contributed by atoms with Gasteiger partial charge in [0.25, 0.3) is 0 Å². The van der Waals surface area contributed by atoms with Gasteiger partial charge in [-0.3, -0.25) is 4.90 Å². The maximum Gasteiger partial charge on any atom is 0.338 e. The summed E-state index contributed by atoms with van der Waals surface area (Å²) in [6.07, 6.45) is 3.63. The molecule has 0 unspecified atom stereocenters. The van der Waals surface area contributed by atoms with Crippen LogP contribution < -0.4 is 10.6 Å². The molecule has 2 amide bonds. The van der Waals surface area contributed by atoms with Gasteiger partial charge in [0.05, 0.1) is 35.7 Å². The highest BCUT2D eigenvalue weighted by molar-refractivity contribution is 6.07. The number of anilines is 2. The Balaban J connectivity index is 2.15. The Morgan fingerprint density at radius 1 is 0.821 bits per heavy atom. The van der Waals surface area contributed by atoms with Crippen LogP contribution in [0, 0.1) is 0 Å². The molecule has 2 N–H and O–H groups in total. The minimum Gasteiger partial charge on any atom is -0.462 e. The van der Waals surface area contributed by atoms with E-state index >= 15 is 0 Å². The second-order valence-corrected chi connectivity index (χ2v) is 6.00. The molecule has 7 nitrogen and oxygen atoms in total. The lowest BCUT2D eigenvalue weighted by molar-refractivity contribution is 0.0517. The molecule has 0 saturated carbocycles. The standard InChI is InChI=1S/C21H20N2O5/c1-3-27-19(24)15-9-7-13-5-6-14-8-10-16(20(25)28-4-2)12-18(14)23(21(22)26)17(13)11-15/h5-12H,3-4H2,1-2H3,(H2,22,26). The summed E-state index contributed by atoms with van der Waals surface area (Å²) < 4.78 is 10.1. The zero-order valence-corrected chi connectivity index (χ0v) is 15.6. The van der Waals surface area contributed by atoms with Crippen molar-refractivity contribution < 1.29 is 23.9 Å². The fourth-order valence-corrected chi connectivity index (χ4v) is 2.99. The minimum atomic E-state index is -0.742. The van der Waals surface area contributed by atoms with Crippen molar-refractivity contribution in [3.05, 3.63) is 58.7 Å². The molecule has 0 spiro atoms. The highest BCUT2D eigenvalue weighted by Gasteiger charge is 2.25. The molecule has 0 atom stereocenters. The Bertz CT molecular complexity index is 909. The summed E-state index contributed by atoms with van der Waals surface area (Å²) in [6.45, 7) is 3.90. The summed E-state index contributed by atoms with van der Waals surface area (Å²) in [5.74, 6) is -0.994. The first-order valence-electron chi connectivity index (χ1n) is 8.86. The van der Waals surface area contributed by atoms with E-state index in [1.54, 1.807) is 50.2 Å². The highest BCUT2D eigenvalue weighted by atomic mass is 16.5. The van der Waals surface area contributed by atoms with E-state index in [0.717, 1.165) is 0 Å². The first-order chi connectivity index (χ1) is 13.5. The van der Waals surface area contributed by atoms with Gasteiger partial charge in [0.1, 0.15) is 0 Å². The van der Waals surface area contributed by atoms with Gasteiger partial charge in [-0.25, -0.2) is 14.4 Å². The Kier molecular flexibility index (Phi) is 5.44. The second kappa shape index (κ2) is 7.96. The van der Waals surface area contributed by atoms with E-state index in [-0.39, 0.29) is 13.2 Å². The molecule has 0 aromatic heterocycles. The fourth-order valence-electron chi connectivity index (χ4n) is 2.99. The van der Waals surface area contributed by atoms with Crippen LogP contribution in [0.25, 0.3) is 12.2 Å². The first kappa shape index (κ1) is 19.2. The van der Waals surface area contributed by atoms with Crippen molar-refractivity contribution in [1.29, 1.82) is 0 Å². The number of nitrogens with two attached hydrogens (primary N) is 1. The van der Waals surface area contributed by atoms with E-state index in [1.165, 1.54) is 4.90 Å². The van der Waals surface area contributed by atoms with E-state index in [0.29, 0.717) is 33.6 Å².